The summed E-state index contributed by atoms with van der Waals surface area (Å²) in [5.41, 5.74) is 2.79. The maximum atomic E-state index is 12.6. The maximum Gasteiger partial charge on any atom is 0.259 e. The Morgan fingerprint density at radius 2 is 1.85 bits per heavy atom. The van der Waals surface area contributed by atoms with Crippen LogP contribution in [0.2, 0.25) is 0 Å². The zero-order valence-corrected chi connectivity index (χ0v) is 19.3. The van der Waals surface area contributed by atoms with Gasteiger partial charge in [-0.05, 0) is 47.9 Å². The SMILES string of the molecule is COc1ccncc1-c1cc2cc[nH]c(=O)c2c(Nc2ccc(N3CCS(=O)(=O)CC3)cc2)n1. The minimum atomic E-state index is -2.94. The van der Waals surface area contributed by atoms with Crippen LogP contribution in [0.1, 0.15) is 0 Å². The van der Waals surface area contributed by atoms with Crippen molar-refractivity contribution >= 4 is 37.8 Å². The smallest absolute Gasteiger partial charge is 0.259 e. The third-order valence-electron chi connectivity index (χ3n) is 5.87. The van der Waals surface area contributed by atoms with Crippen LogP contribution in [0.5, 0.6) is 5.75 Å². The van der Waals surface area contributed by atoms with Gasteiger partial charge >= 0.3 is 0 Å². The first-order chi connectivity index (χ1) is 16.4. The van der Waals surface area contributed by atoms with Crippen LogP contribution in [0.3, 0.4) is 0 Å². The predicted molar refractivity (Wildman–Crippen MR) is 133 cm³/mol. The summed E-state index contributed by atoms with van der Waals surface area (Å²) >= 11 is 0. The van der Waals surface area contributed by atoms with Crippen molar-refractivity contribution < 1.29 is 13.2 Å². The van der Waals surface area contributed by atoms with Crippen LogP contribution < -0.4 is 20.5 Å². The van der Waals surface area contributed by atoms with E-state index in [0.29, 0.717) is 41.3 Å². The monoisotopic (exact) mass is 477 g/mol. The quantitative estimate of drug-likeness (QED) is 0.451. The van der Waals surface area contributed by atoms with Crippen LogP contribution >= 0.6 is 0 Å². The second-order valence-electron chi connectivity index (χ2n) is 8.01. The Morgan fingerprint density at radius 3 is 2.59 bits per heavy atom. The van der Waals surface area contributed by atoms with Crippen molar-refractivity contribution in [2.75, 3.05) is 41.9 Å². The molecule has 0 radical (unpaired) electrons. The predicted octanol–water partition coefficient (Wildman–Crippen LogP) is 2.97. The number of aromatic nitrogens is 3. The number of H-pyrrole nitrogens is 1. The Bertz CT molecular complexity index is 1500. The summed E-state index contributed by atoms with van der Waals surface area (Å²) < 4.78 is 28.9. The maximum absolute atomic E-state index is 12.6. The van der Waals surface area contributed by atoms with Gasteiger partial charge in [-0.15, -0.1) is 0 Å². The molecule has 1 aliphatic heterocycles. The average molecular weight is 478 g/mol. The van der Waals surface area contributed by atoms with Crippen LogP contribution in [-0.4, -0.2) is 55.1 Å². The van der Waals surface area contributed by atoms with E-state index in [4.69, 9.17) is 9.72 Å². The second kappa shape index (κ2) is 8.79. The molecule has 0 amide bonds. The number of pyridine rings is 3. The molecule has 2 N–H and O–H groups in total. The Morgan fingerprint density at radius 1 is 1.09 bits per heavy atom. The first-order valence-corrected chi connectivity index (χ1v) is 12.6. The second-order valence-corrected chi connectivity index (χ2v) is 10.3. The highest BCUT2D eigenvalue weighted by Crippen LogP contribution is 2.32. The van der Waals surface area contributed by atoms with Crippen molar-refractivity contribution in [3.05, 3.63) is 71.4 Å². The molecular formula is C24H23N5O4S. The van der Waals surface area contributed by atoms with Gasteiger partial charge in [-0.1, -0.05) is 0 Å². The van der Waals surface area contributed by atoms with Gasteiger partial charge in [0.1, 0.15) is 11.6 Å². The number of nitrogens with zero attached hydrogens (tertiary/aromatic N) is 3. The van der Waals surface area contributed by atoms with E-state index >= 15 is 0 Å². The number of sulfone groups is 1. The zero-order valence-electron chi connectivity index (χ0n) is 18.5. The Balaban J connectivity index is 1.50. The molecule has 1 saturated heterocycles. The molecule has 4 aromatic rings. The molecule has 5 rings (SSSR count). The van der Waals surface area contributed by atoms with E-state index in [9.17, 15) is 13.2 Å². The molecule has 9 nitrogen and oxygen atoms in total. The molecule has 1 aliphatic rings. The summed E-state index contributed by atoms with van der Waals surface area (Å²) in [6.45, 7) is 0.956. The number of anilines is 3. The summed E-state index contributed by atoms with van der Waals surface area (Å²) in [5, 5.41) is 4.45. The molecule has 4 heterocycles. The van der Waals surface area contributed by atoms with Crippen LogP contribution in [-0.2, 0) is 9.84 Å². The highest BCUT2D eigenvalue weighted by Gasteiger charge is 2.21. The average Bonchev–Trinajstić information content (AvgIpc) is 2.84. The fraction of sp³-hybridized carbons (Fsp3) is 0.208. The largest absolute Gasteiger partial charge is 0.496 e. The standard InChI is InChI=1S/C24H23N5O4S/c1-33-21-7-8-25-15-19(21)20-14-16-6-9-26-24(30)22(16)23(28-20)27-17-2-4-18(5-3-17)29-10-12-34(31,32)13-11-29/h2-9,14-15H,10-13H2,1H3,(H,26,30)(H,27,28). The van der Waals surface area contributed by atoms with E-state index in [0.717, 1.165) is 16.8 Å². The molecule has 0 unspecified atom stereocenters. The lowest BCUT2D eigenvalue weighted by Gasteiger charge is -2.28. The number of hydrogen-bond donors (Lipinski definition) is 2. The minimum absolute atomic E-state index is 0.163. The fourth-order valence-electron chi connectivity index (χ4n) is 4.06. The normalized spacial score (nSPS) is 15.3. The van der Waals surface area contributed by atoms with Crippen LogP contribution in [0, 0.1) is 0 Å². The Kier molecular flexibility index (Phi) is 5.66. The van der Waals surface area contributed by atoms with Gasteiger partial charge < -0.3 is 19.9 Å². The molecule has 0 saturated carbocycles. The van der Waals surface area contributed by atoms with Crippen LogP contribution in [0.4, 0.5) is 17.2 Å². The minimum Gasteiger partial charge on any atom is -0.496 e. The van der Waals surface area contributed by atoms with E-state index in [1.54, 1.807) is 31.8 Å². The van der Waals surface area contributed by atoms with E-state index in [-0.39, 0.29) is 17.1 Å². The fourth-order valence-corrected chi connectivity index (χ4v) is 5.26. The van der Waals surface area contributed by atoms with Gasteiger partial charge in [0.15, 0.2) is 9.84 Å². The first-order valence-electron chi connectivity index (χ1n) is 10.8. The third kappa shape index (κ3) is 4.32. The molecule has 10 heteroatoms. The van der Waals surface area contributed by atoms with Crippen molar-refractivity contribution in [1.82, 2.24) is 15.0 Å². The first kappa shape index (κ1) is 21.9. The molecule has 174 valence electrons. The number of benzene rings is 1. The summed E-state index contributed by atoms with van der Waals surface area (Å²) in [4.78, 5) is 26.3. The number of aromatic amines is 1. The lowest BCUT2D eigenvalue weighted by Crippen LogP contribution is -2.40. The van der Waals surface area contributed by atoms with Gasteiger partial charge in [-0.3, -0.25) is 9.78 Å². The van der Waals surface area contributed by atoms with Gasteiger partial charge in [-0.2, -0.15) is 0 Å². The van der Waals surface area contributed by atoms with E-state index < -0.39 is 9.84 Å². The molecule has 34 heavy (non-hydrogen) atoms. The third-order valence-corrected chi connectivity index (χ3v) is 7.48. The van der Waals surface area contributed by atoms with Gasteiger partial charge in [0.2, 0.25) is 0 Å². The summed E-state index contributed by atoms with van der Waals surface area (Å²) in [6, 6.07) is 13.1. The molecular weight excluding hydrogens is 454 g/mol. The van der Waals surface area contributed by atoms with Gasteiger partial charge in [0, 0.05) is 43.1 Å². The lowest BCUT2D eigenvalue weighted by molar-refractivity contribution is 0.416. The summed E-state index contributed by atoms with van der Waals surface area (Å²) in [5.74, 6) is 1.37. The number of fused-ring (bicyclic) bond motifs is 1. The van der Waals surface area contributed by atoms with Crippen molar-refractivity contribution in [1.29, 1.82) is 0 Å². The molecule has 1 fully saturated rings. The van der Waals surface area contributed by atoms with E-state index in [1.165, 1.54) is 0 Å². The lowest BCUT2D eigenvalue weighted by atomic mass is 10.1. The number of nitrogens with one attached hydrogen (secondary N) is 2. The van der Waals surface area contributed by atoms with E-state index in [1.807, 2.05) is 36.4 Å². The molecule has 0 spiro atoms. The topological polar surface area (TPSA) is 117 Å². The summed E-state index contributed by atoms with van der Waals surface area (Å²) in [6.07, 6.45) is 4.93. The number of ether oxygens (including phenoxy) is 1. The molecule has 1 aromatic carbocycles. The van der Waals surface area contributed by atoms with Crippen LogP contribution in [0.25, 0.3) is 22.0 Å². The Labute approximate surface area is 196 Å². The van der Waals surface area contributed by atoms with Crippen molar-refractivity contribution in [3.63, 3.8) is 0 Å². The zero-order chi connectivity index (χ0) is 23.7. The van der Waals surface area contributed by atoms with Gasteiger partial charge in [0.25, 0.3) is 5.56 Å². The number of hydrogen-bond acceptors (Lipinski definition) is 8. The summed E-state index contributed by atoms with van der Waals surface area (Å²) in [7, 11) is -1.35. The highest BCUT2D eigenvalue weighted by atomic mass is 32.2. The van der Waals surface area contributed by atoms with Crippen molar-refractivity contribution in [3.8, 4) is 17.0 Å². The van der Waals surface area contributed by atoms with Gasteiger partial charge in [-0.25, -0.2) is 13.4 Å². The van der Waals surface area contributed by atoms with Crippen molar-refractivity contribution in [2.24, 2.45) is 0 Å². The molecule has 0 atom stereocenters. The number of rotatable bonds is 5. The van der Waals surface area contributed by atoms with Crippen molar-refractivity contribution in [2.45, 2.75) is 0 Å². The molecule has 3 aromatic heterocycles. The molecule has 0 bridgehead atoms. The number of methoxy groups -OCH3 is 1. The molecule has 0 aliphatic carbocycles. The Hall–Kier alpha value is -3.92. The van der Waals surface area contributed by atoms with Gasteiger partial charge in [0.05, 0.1) is 35.3 Å². The van der Waals surface area contributed by atoms with E-state index in [2.05, 4.69) is 20.2 Å². The van der Waals surface area contributed by atoms with Crippen LogP contribution in [0.15, 0.2) is 65.8 Å². The highest BCUT2D eigenvalue weighted by molar-refractivity contribution is 7.91.